The highest BCUT2D eigenvalue weighted by Crippen LogP contribution is 2.31. The largest absolute Gasteiger partial charge is 0.387 e. The summed E-state index contributed by atoms with van der Waals surface area (Å²) in [5.74, 6) is -0.263. The molecule has 0 radical (unpaired) electrons. The second-order valence-electron chi connectivity index (χ2n) is 9.04. The molecule has 1 fully saturated rings. The Labute approximate surface area is 196 Å². The minimum atomic E-state index is -0.736. The first-order chi connectivity index (χ1) is 16.4. The smallest absolute Gasteiger partial charge is 0.269 e. The fourth-order valence-corrected chi connectivity index (χ4v) is 5.02. The van der Waals surface area contributed by atoms with Crippen molar-refractivity contribution in [3.8, 4) is 0 Å². The molecule has 1 atom stereocenters. The van der Waals surface area contributed by atoms with Gasteiger partial charge >= 0.3 is 0 Å². The third-order valence-electron chi connectivity index (χ3n) is 6.92. The van der Waals surface area contributed by atoms with Crippen LogP contribution in [0.1, 0.15) is 45.2 Å². The molecule has 0 bridgehead atoms. The van der Waals surface area contributed by atoms with Crippen molar-refractivity contribution in [2.75, 3.05) is 26.2 Å². The van der Waals surface area contributed by atoms with Gasteiger partial charge < -0.3 is 10.0 Å². The molecule has 0 aromatic heterocycles. The zero-order chi connectivity index (χ0) is 23.8. The Balaban J connectivity index is 1.20. The zero-order valence-electron chi connectivity index (χ0n) is 18.6. The molecule has 3 aromatic rings. The van der Waals surface area contributed by atoms with Gasteiger partial charge in [-0.3, -0.25) is 24.6 Å². The summed E-state index contributed by atoms with van der Waals surface area (Å²) in [6.07, 6.45) is 0.894. The number of imide groups is 1. The van der Waals surface area contributed by atoms with Gasteiger partial charge in [-0.05, 0) is 67.1 Å². The molecule has 2 aliphatic rings. The van der Waals surface area contributed by atoms with Gasteiger partial charge in [-0.25, -0.2) is 0 Å². The fourth-order valence-electron chi connectivity index (χ4n) is 5.02. The SMILES string of the molecule is O=C1c2cccc3cccc(c23)C(=O)N1CC1CCN(C[C@H](O)c2ccc([N+](=O)[O-])cc2)CC1. The molecule has 1 N–H and O–H groups in total. The predicted octanol–water partition coefficient (Wildman–Crippen LogP) is 3.79. The molecule has 1 saturated heterocycles. The Morgan fingerprint density at radius 2 is 1.53 bits per heavy atom. The van der Waals surface area contributed by atoms with E-state index in [2.05, 4.69) is 4.90 Å². The molecule has 8 heteroatoms. The molecule has 2 heterocycles. The maximum absolute atomic E-state index is 13.1. The lowest BCUT2D eigenvalue weighted by Crippen LogP contribution is -2.46. The Hall–Kier alpha value is -3.62. The van der Waals surface area contributed by atoms with Crippen LogP contribution in [0.15, 0.2) is 60.7 Å². The summed E-state index contributed by atoms with van der Waals surface area (Å²) in [6.45, 7) is 2.32. The van der Waals surface area contributed by atoms with Crippen LogP contribution in [-0.4, -0.2) is 57.8 Å². The highest BCUT2D eigenvalue weighted by Gasteiger charge is 2.35. The van der Waals surface area contributed by atoms with Crippen LogP contribution in [-0.2, 0) is 0 Å². The van der Waals surface area contributed by atoms with Crippen molar-refractivity contribution in [3.05, 3.63) is 87.5 Å². The molecule has 5 rings (SSSR count). The molecule has 8 nitrogen and oxygen atoms in total. The molecule has 0 spiro atoms. The number of likely N-dealkylation sites (tertiary alicyclic amines) is 1. The molecule has 3 aromatic carbocycles. The summed E-state index contributed by atoms with van der Waals surface area (Å²) < 4.78 is 0. The number of carbonyl (C=O) groups excluding carboxylic acids is 2. The first-order valence-electron chi connectivity index (χ1n) is 11.4. The Morgan fingerprint density at radius 3 is 2.09 bits per heavy atom. The number of non-ortho nitro benzene ring substituents is 1. The van der Waals surface area contributed by atoms with E-state index in [0.29, 0.717) is 29.8 Å². The summed E-state index contributed by atoms with van der Waals surface area (Å²) in [5, 5.41) is 23.0. The van der Waals surface area contributed by atoms with Crippen LogP contribution in [0.5, 0.6) is 0 Å². The number of benzene rings is 3. The summed E-state index contributed by atoms with van der Waals surface area (Å²) in [5.41, 5.74) is 1.80. The van der Waals surface area contributed by atoms with Crippen LogP contribution in [0.4, 0.5) is 5.69 Å². The number of β-amino-alcohol motifs (C(OH)–C–C–N with tert-alkyl or cyclic N) is 1. The summed E-state index contributed by atoms with van der Waals surface area (Å²) in [7, 11) is 0. The van der Waals surface area contributed by atoms with Gasteiger partial charge in [0.15, 0.2) is 0 Å². The van der Waals surface area contributed by atoms with Crippen molar-refractivity contribution < 1.29 is 19.6 Å². The van der Waals surface area contributed by atoms with Gasteiger partial charge in [-0.1, -0.05) is 24.3 Å². The molecule has 0 unspecified atom stereocenters. The Kier molecular flexibility index (Phi) is 5.85. The van der Waals surface area contributed by atoms with E-state index in [1.165, 1.54) is 17.0 Å². The quantitative estimate of drug-likeness (QED) is 0.342. The van der Waals surface area contributed by atoms with Gasteiger partial charge in [-0.15, -0.1) is 0 Å². The minimum absolute atomic E-state index is 0.00238. The molecule has 2 aliphatic heterocycles. The monoisotopic (exact) mass is 459 g/mol. The fraction of sp³-hybridized carbons (Fsp3) is 0.308. The van der Waals surface area contributed by atoms with Gasteiger partial charge in [0.2, 0.25) is 0 Å². The molecular formula is C26H25N3O5. The number of rotatable bonds is 6. The first kappa shape index (κ1) is 22.2. The molecule has 0 aliphatic carbocycles. The van der Waals surface area contributed by atoms with Crippen LogP contribution in [0, 0.1) is 16.0 Å². The maximum atomic E-state index is 13.1. The van der Waals surface area contributed by atoms with Gasteiger partial charge in [-0.2, -0.15) is 0 Å². The molecule has 2 amide bonds. The Morgan fingerprint density at radius 1 is 0.941 bits per heavy atom. The second-order valence-corrected chi connectivity index (χ2v) is 9.04. The summed E-state index contributed by atoms with van der Waals surface area (Å²) in [6, 6.07) is 17.1. The standard InChI is InChI=1S/C26H25N3O5/c30-23(18-7-9-20(10-8-18)29(33)34)16-27-13-11-17(12-14-27)15-28-25(31)21-5-1-3-19-4-2-6-22(24(19)21)26(28)32/h1-10,17,23,30H,11-16H2/t23-/m0/s1. The van der Waals surface area contributed by atoms with E-state index in [-0.39, 0.29) is 23.4 Å². The number of nitro benzene ring substituents is 1. The van der Waals surface area contributed by atoms with Crippen LogP contribution >= 0.6 is 0 Å². The average Bonchev–Trinajstić information content (AvgIpc) is 2.86. The van der Waals surface area contributed by atoms with E-state index in [1.54, 1.807) is 24.3 Å². The van der Waals surface area contributed by atoms with E-state index in [1.807, 2.05) is 24.3 Å². The van der Waals surface area contributed by atoms with Crippen LogP contribution in [0.2, 0.25) is 0 Å². The summed E-state index contributed by atoms with van der Waals surface area (Å²) in [4.78, 5) is 40.2. The van der Waals surface area contributed by atoms with E-state index in [0.717, 1.165) is 36.7 Å². The topological polar surface area (TPSA) is 104 Å². The minimum Gasteiger partial charge on any atom is -0.387 e. The van der Waals surface area contributed by atoms with Crippen LogP contribution in [0.3, 0.4) is 0 Å². The molecule has 174 valence electrons. The number of nitrogens with zero attached hydrogens (tertiary/aromatic N) is 3. The Bertz CT molecular complexity index is 1210. The van der Waals surface area contributed by atoms with Gasteiger partial charge in [0.1, 0.15) is 0 Å². The van der Waals surface area contributed by atoms with E-state index < -0.39 is 11.0 Å². The first-order valence-corrected chi connectivity index (χ1v) is 11.4. The lowest BCUT2D eigenvalue weighted by atomic mass is 9.91. The van der Waals surface area contributed by atoms with Crippen molar-refractivity contribution in [1.29, 1.82) is 0 Å². The van der Waals surface area contributed by atoms with Gasteiger partial charge in [0.25, 0.3) is 17.5 Å². The number of piperidine rings is 1. The van der Waals surface area contributed by atoms with Crippen molar-refractivity contribution >= 4 is 28.3 Å². The normalized spacial score (nSPS) is 17.9. The zero-order valence-corrected chi connectivity index (χ0v) is 18.6. The van der Waals surface area contributed by atoms with E-state index >= 15 is 0 Å². The van der Waals surface area contributed by atoms with Crippen molar-refractivity contribution in [3.63, 3.8) is 0 Å². The van der Waals surface area contributed by atoms with Crippen molar-refractivity contribution in [1.82, 2.24) is 9.80 Å². The number of carbonyl (C=O) groups is 2. The average molecular weight is 460 g/mol. The van der Waals surface area contributed by atoms with Crippen LogP contribution in [0.25, 0.3) is 10.8 Å². The van der Waals surface area contributed by atoms with Crippen molar-refractivity contribution in [2.45, 2.75) is 18.9 Å². The predicted molar refractivity (Wildman–Crippen MR) is 127 cm³/mol. The number of aliphatic hydroxyl groups is 1. The number of hydrogen-bond donors (Lipinski definition) is 1. The highest BCUT2D eigenvalue weighted by molar-refractivity contribution is 6.25. The highest BCUT2D eigenvalue weighted by atomic mass is 16.6. The van der Waals surface area contributed by atoms with Gasteiger partial charge in [0.05, 0.1) is 11.0 Å². The van der Waals surface area contributed by atoms with Gasteiger partial charge in [0, 0.05) is 41.7 Å². The molecular weight excluding hydrogens is 434 g/mol. The number of aliphatic hydroxyl groups excluding tert-OH is 1. The van der Waals surface area contributed by atoms with Crippen molar-refractivity contribution in [2.24, 2.45) is 5.92 Å². The number of nitro groups is 1. The lowest BCUT2D eigenvalue weighted by Gasteiger charge is -2.36. The molecule has 34 heavy (non-hydrogen) atoms. The maximum Gasteiger partial charge on any atom is 0.269 e. The third kappa shape index (κ3) is 4.06. The molecule has 0 saturated carbocycles. The van der Waals surface area contributed by atoms with E-state index in [9.17, 15) is 24.8 Å². The lowest BCUT2D eigenvalue weighted by molar-refractivity contribution is -0.384. The number of amides is 2. The van der Waals surface area contributed by atoms with E-state index in [4.69, 9.17) is 0 Å². The van der Waals surface area contributed by atoms with Crippen LogP contribution < -0.4 is 0 Å². The second kappa shape index (κ2) is 8.96. The third-order valence-corrected chi connectivity index (χ3v) is 6.92. The number of hydrogen-bond acceptors (Lipinski definition) is 6. The summed E-state index contributed by atoms with van der Waals surface area (Å²) >= 11 is 0.